The van der Waals surface area contributed by atoms with Gasteiger partial charge >= 0.3 is 0 Å². The molecule has 0 spiro atoms. The van der Waals surface area contributed by atoms with Gasteiger partial charge in [-0.1, -0.05) is 6.92 Å². The summed E-state index contributed by atoms with van der Waals surface area (Å²) in [5.41, 5.74) is 6.82. The minimum Gasteiger partial charge on any atom is -0.478 e. The average Bonchev–Trinajstić information content (AvgIpc) is 2.41. The minimum absolute atomic E-state index is 0.0338. The van der Waals surface area contributed by atoms with Gasteiger partial charge in [0.2, 0.25) is 0 Å². The van der Waals surface area contributed by atoms with E-state index in [0.29, 0.717) is 23.5 Å². The van der Waals surface area contributed by atoms with Crippen LogP contribution in [0, 0.1) is 0 Å². The standard InChI is InChI=1S/C13H18N2O4/c1-2-11-13(18)15(6-9(17)7-16)10-4-3-8(14)5-12(10)19-11/h3-5,9,11,16-17H,2,6-7,14H2,1H3. The van der Waals surface area contributed by atoms with E-state index in [1.165, 1.54) is 4.90 Å². The lowest BCUT2D eigenvalue weighted by atomic mass is 10.1. The van der Waals surface area contributed by atoms with E-state index < -0.39 is 18.8 Å². The van der Waals surface area contributed by atoms with Crippen LogP contribution in [0.5, 0.6) is 5.75 Å². The molecule has 0 saturated carbocycles. The summed E-state index contributed by atoms with van der Waals surface area (Å²) in [6.45, 7) is 1.48. The van der Waals surface area contributed by atoms with Gasteiger partial charge in [-0.05, 0) is 18.6 Å². The van der Waals surface area contributed by atoms with Crippen molar-refractivity contribution >= 4 is 17.3 Å². The van der Waals surface area contributed by atoms with Gasteiger partial charge in [-0.25, -0.2) is 0 Å². The van der Waals surface area contributed by atoms with E-state index >= 15 is 0 Å². The first-order chi connectivity index (χ1) is 9.06. The number of hydrogen-bond donors (Lipinski definition) is 3. The Morgan fingerprint density at radius 1 is 1.53 bits per heavy atom. The number of rotatable bonds is 4. The van der Waals surface area contributed by atoms with Gasteiger partial charge in [0, 0.05) is 11.8 Å². The molecule has 1 amide bonds. The molecule has 2 rings (SSSR count). The summed E-state index contributed by atoms with van der Waals surface area (Å²) in [6, 6.07) is 5.00. The SMILES string of the molecule is CCC1Oc2cc(N)ccc2N(CC(O)CO)C1=O. The molecule has 6 nitrogen and oxygen atoms in total. The molecular weight excluding hydrogens is 248 g/mol. The van der Waals surface area contributed by atoms with Crippen LogP contribution >= 0.6 is 0 Å². The molecule has 0 aromatic heterocycles. The van der Waals surface area contributed by atoms with E-state index in [9.17, 15) is 9.90 Å². The van der Waals surface area contributed by atoms with E-state index in [1.807, 2.05) is 6.92 Å². The molecule has 104 valence electrons. The van der Waals surface area contributed by atoms with Gasteiger partial charge in [0.1, 0.15) is 5.75 Å². The van der Waals surface area contributed by atoms with Crippen LogP contribution in [0.1, 0.15) is 13.3 Å². The maximum atomic E-state index is 12.2. The predicted octanol–water partition coefficient (Wildman–Crippen LogP) is 0.126. The zero-order chi connectivity index (χ0) is 14.0. The van der Waals surface area contributed by atoms with E-state index in [4.69, 9.17) is 15.6 Å². The Morgan fingerprint density at radius 2 is 2.26 bits per heavy atom. The molecule has 4 N–H and O–H groups in total. The second kappa shape index (κ2) is 5.46. The number of benzene rings is 1. The van der Waals surface area contributed by atoms with Crippen molar-refractivity contribution in [2.45, 2.75) is 25.6 Å². The quantitative estimate of drug-likeness (QED) is 0.673. The molecule has 2 atom stereocenters. The monoisotopic (exact) mass is 266 g/mol. The summed E-state index contributed by atoms with van der Waals surface area (Å²) in [7, 11) is 0. The highest BCUT2D eigenvalue weighted by atomic mass is 16.5. The summed E-state index contributed by atoms with van der Waals surface area (Å²) in [6.07, 6.45) is -1.04. The Labute approximate surface area is 111 Å². The summed E-state index contributed by atoms with van der Waals surface area (Å²) in [5.74, 6) is 0.309. The number of nitrogens with two attached hydrogens (primary N) is 1. The molecule has 6 heteroatoms. The molecule has 1 aliphatic rings. The molecule has 0 bridgehead atoms. The second-order valence-corrected chi connectivity index (χ2v) is 4.53. The molecule has 2 unspecified atom stereocenters. The number of carbonyl (C=O) groups excluding carboxylic acids is 1. The van der Waals surface area contributed by atoms with Gasteiger partial charge in [0.25, 0.3) is 5.91 Å². The Hall–Kier alpha value is -1.79. The highest BCUT2D eigenvalue weighted by molar-refractivity contribution is 6.00. The third-order valence-electron chi connectivity index (χ3n) is 3.06. The minimum atomic E-state index is -0.982. The molecular formula is C13H18N2O4. The number of aliphatic hydroxyl groups is 2. The summed E-state index contributed by atoms with van der Waals surface area (Å²) < 4.78 is 5.60. The lowest BCUT2D eigenvalue weighted by molar-refractivity contribution is -0.126. The fourth-order valence-electron chi connectivity index (χ4n) is 2.06. The van der Waals surface area contributed by atoms with Crippen LogP contribution in [0.2, 0.25) is 0 Å². The zero-order valence-electron chi connectivity index (χ0n) is 10.7. The molecule has 0 radical (unpaired) electrons. The molecule has 1 aliphatic heterocycles. The van der Waals surface area contributed by atoms with Crippen LogP contribution in [0.25, 0.3) is 0 Å². The topological polar surface area (TPSA) is 96.0 Å². The van der Waals surface area contributed by atoms with Crippen LogP contribution < -0.4 is 15.4 Å². The number of anilines is 2. The van der Waals surface area contributed by atoms with E-state index in [0.717, 1.165) is 0 Å². The number of β-amino-alcohol motifs (C(OH)–C–C–N with tert-alkyl or cyclic N) is 1. The fourth-order valence-corrected chi connectivity index (χ4v) is 2.06. The molecule has 1 aromatic carbocycles. The van der Waals surface area contributed by atoms with Crippen molar-refractivity contribution in [2.24, 2.45) is 0 Å². The molecule has 0 saturated heterocycles. The smallest absolute Gasteiger partial charge is 0.268 e. The Kier molecular flexibility index (Phi) is 3.92. The molecule has 19 heavy (non-hydrogen) atoms. The van der Waals surface area contributed by atoms with Crippen LogP contribution in [0.4, 0.5) is 11.4 Å². The first-order valence-corrected chi connectivity index (χ1v) is 6.23. The highest BCUT2D eigenvalue weighted by Gasteiger charge is 2.34. The zero-order valence-corrected chi connectivity index (χ0v) is 10.7. The maximum Gasteiger partial charge on any atom is 0.268 e. The third kappa shape index (κ3) is 2.64. The average molecular weight is 266 g/mol. The number of nitrogens with zero attached hydrogens (tertiary/aromatic N) is 1. The van der Waals surface area contributed by atoms with Crippen molar-refractivity contribution in [1.29, 1.82) is 0 Å². The highest BCUT2D eigenvalue weighted by Crippen LogP contribution is 2.36. The Bertz CT molecular complexity index is 478. The number of aliphatic hydroxyl groups excluding tert-OH is 2. The first kappa shape index (κ1) is 13.6. The number of fused-ring (bicyclic) bond motifs is 1. The van der Waals surface area contributed by atoms with Crippen molar-refractivity contribution in [1.82, 2.24) is 0 Å². The number of nitrogen functional groups attached to an aromatic ring is 1. The molecule has 0 aliphatic carbocycles. The van der Waals surface area contributed by atoms with Crippen molar-refractivity contribution in [3.05, 3.63) is 18.2 Å². The lowest BCUT2D eigenvalue weighted by Gasteiger charge is -2.35. The van der Waals surface area contributed by atoms with Crippen LogP contribution in [-0.4, -0.2) is 41.5 Å². The largest absolute Gasteiger partial charge is 0.478 e. The number of hydrogen-bond acceptors (Lipinski definition) is 5. The van der Waals surface area contributed by atoms with E-state index in [2.05, 4.69) is 0 Å². The summed E-state index contributed by atoms with van der Waals surface area (Å²) in [5, 5.41) is 18.5. The van der Waals surface area contributed by atoms with E-state index in [1.54, 1.807) is 18.2 Å². The Balaban J connectivity index is 2.37. The van der Waals surface area contributed by atoms with Crippen LogP contribution in [0.3, 0.4) is 0 Å². The van der Waals surface area contributed by atoms with Gasteiger partial charge in [-0.3, -0.25) is 4.79 Å². The normalized spacial score (nSPS) is 19.8. The second-order valence-electron chi connectivity index (χ2n) is 4.53. The van der Waals surface area contributed by atoms with Crippen LogP contribution in [-0.2, 0) is 4.79 Å². The number of ether oxygens (including phenoxy) is 1. The van der Waals surface area contributed by atoms with Crippen molar-refractivity contribution < 1.29 is 19.7 Å². The van der Waals surface area contributed by atoms with Crippen LogP contribution in [0.15, 0.2) is 18.2 Å². The van der Waals surface area contributed by atoms with Gasteiger partial charge < -0.3 is 25.6 Å². The molecule has 0 fully saturated rings. The predicted molar refractivity (Wildman–Crippen MR) is 71.0 cm³/mol. The van der Waals surface area contributed by atoms with Crippen molar-refractivity contribution in [3.8, 4) is 5.75 Å². The maximum absolute atomic E-state index is 12.2. The van der Waals surface area contributed by atoms with Gasteiger partial charge in [-0.2, -0.15) is 0 Å². The fraction of sp³-hybridized carbons (Fsp3) is 0.462. The molecule has 1 heterocycles. The van der Waals surface area contributed by atoms with Crippen molar-refractivity contribution in [2.75, 3.05) is 23.8 Å². The lowest BCUT2D eigenvalue weighted by Crippen LogP contribution is -2.49. The van der Waals surface area contributed by atoms with Gasteiger partial charge in [0.15, 0.2) is 6.10 Å². The Morgan fingerprint density at radius 3 is 2.89 bits per heavy atom. The number of amides is 1. The van der Waals surface area contributed by atoms with E-state index in [-0.39, 0.29) is 12.5 Å². The third-order valence-corrected chi connectivity index (χ3v) is 3.06. The summed E-state index contributed by atoms with van der Waals surface area (Å²) in [4.78, 5) is 13.7. The van der Waals surface area contributed by atoms with Gasteiger partial charge in [0.05, 0.1) is 24.9 Å². The van der Waals surface area contributed by atoms with Gasteiger partial charge in [-0.15, -0.1) is 0 Å². The van der Waals surface area contributed by atoms with Crippen molar-refractivity contribution in [3.63, 3.8) is 0 Å². The summed E-state index contributed by atoms with van der Waals surface area (Å²) >= 11 is 0. The molecule has 1 aromatic rings. The first-order valence-electron chi connectivity index (χ1n) is 6.23. The number of carbonyl (C=O) groups is 1.